The fourth-order valence-electron chi connectivity index (χ4n) is 3.10. The molecule has 3 rings (SSSR count). The van der Waals surface area contributed by atoms with Gasteiger partial charge in [0.25, 0.3) is 0 Å². The third-order valence-electron chi connectivity index (χ3n) is 4.34. The third kappa shape index (κ3) is 2.99. The molecule has 0 radical (unpaired) electrons. The maximum Gasteiger partial charge on any atom is 0.394 e. The summed E-state index contributed by atoms with van der Waals surface area (Å²) in [6.07, 6.45) is -3.12. The quantitative estimate of drug-likeness (QED) is 0.898. The van der Waals surface area contributed by atoms with Crippen LogP contribution >= 0.6 is 0 Å². The van der Waals surface area contributed by atoms with Crippen LogP contribution in [-0.2, 0) is 0 Å². The van der Waals surface area contributed by atoms with Crippen LogP contribution in [0.5, 0.6) is 0 Å². The third-order valence-corrected chi connectivity index (χ3v) is 4.34. The van der Waals surface area contributed by atoms with E-state index in [1.54, 1.807) is 0 Å². The van der Waals surface area contributed by atoms with Crippen molar-refractivity contribution in [2.75, 3.05) is 26.2 Å². The minimum Gasteiger partial charge on any atom is -0.315 e. The molecule has 0 spiro atoms. The second-order valence-corrected chi connectivity index (χ2v) is 5.76. The zero-order valence-corrected chi connectivity index (χ0v) is 11.2. The molecule has 0 amide bonds. The summed E-state index contributed by atoms with van der Waals surface area (Å²) in [5, 5.41) is 2.91. The van der Waals surface area contributed by atoms with Crippen LogP contribution in [0.2, 0.25) is 0 Å². The maximum atomic E-state index is 12.9. The lowest BCUT2D eigenvalue weighted by molar-refractivity contribution is -0.176. The van der Waals surface area contributed by atoms with Gasteiger partial charge in [0.05, 0.1) is 5.92 Å². The number of hydrogen-bond donors (Lipinski definition) is 1. The number of benzene rings is 1. The van der Waals surface area contributed by atoms with E-state index in [9.17, 15) is 13.2 Å². The first-order valence-corrected chi connectivity index (χ1v) is 7.12. The van der Waals surface area contributed by atoms with Crippen LogP contribution in [0.1, 0.15) is 17.9 Å². The van der Waals surface area contributed by atoms with Crippen molar-refractivity contribution < 1.29 is 13.2 Å². The molecule has 1 saturated carbocycles. The molecular formula is C15H19F3N2. The molecule has 1 aliphatic heterocycles. The first-order valence-electron chi connectivity index (χ1n) is 7.12. The second-order valence-electron chi connectivity index (χ2n) is 5.76. The molecular weight excluding hydrogens is 265 g/mol. The molecule has 3 atom stereocenters. The van der Waals surface area contributed by atoms with Crippen molar-refractivity contribution in [2.24, 2.45) is 5.92 Å². The van der Waals surface area contributed by atoms with Crippen LogP contribution in [0.4, 0.5) is 13.2 Å². The van der Waals surface area contributed by atoms with Crippen molar-refractivity contribution in [1.82, 2.24) is 10.2 Å². The smallest absolute Gasteiger partial charge is 0.315 e. The summed E-state index contributed by atoms with van der Waals surface area (Å²) in [4.78, 5) is 2.02. The first-order chi connectivity index (χ1) is 9.55. The largest absolute Gasteiger partial charge is 0.394 e. The molecule has 1 saturated heterocycles. The minimum absolute atomic E-state index is 0.0444. The number of hydrogen-bond acceptors (Lipinski definition) is 2. The zero-order valence-electron chi connectivity index (χ0n) is 11.2. The lowest BCUT2D eigenvalue weighted by atomic mass is 10.1. The van der Waals surface area contributed by atoms with Crippen molar-refractivity contribution in [2.45, 2.75) is 24.6 Å². The highest BCUT2D eigenvalue weighted by atomic mass is 19.4. The molecule has 0 bridgehead atoms. The van der Waals surface area contributed by atoms with E-state index in [1.807, 2.05) is 23.1 Å². The van der Waals surface area contributed by atoms with Gasteiger partial charge >= 0.3 is 6.18 Å². The van der Waals surface area contributed by atoms with Crippen molar-refractivity contribution in [1.29, 1.82) is 0 Å². The summed E-state index contributed by atoms with van der Waals surface area (Å²) in [5.41, 5.74) is 1.25. The Balaban J connectivity index is 1.66. The van der Waals surface area contributed by atoms with Crippen LogP contribution in [0, 0.1) is 5.92 Å². The van der Waals surface area contributed by atoms with Gasteiger partial charge in [0.1, 0.15) is 0 Å². The highest BCUT2D eigenvalue weighted by Crippen LogP contribution is 2.45. The van der Waals surface area contributed by atoms with Gasteiger partial charge in [-0.25, -0.2) is 0 Å². The van der Waals surface area contributed by atoms with E-state index in [2.05, 4.69) is 17.4 Å². The van der Waals surface area contributed by atoms with E-state index in [-0.39, 0.29) is 19.1 Å². The van der Waals surface area contributed by atoms with E-state index >= 15 is 0 Å². The normalized spacial score (nSPS) is 31.9. The van der Waals surface area contributed by atoms with Gasteiger partial charge in [-0.15, -0.1) is 0 Å². The Morgan fingerprint density at radius 1 is 1.15 bits per heavy atom. The number of rotatable bonds is 2. The lowest BCUT2D eigenvalue weighted by Crippen LogP contribution is -2.39. The standard InChI is InChI=1S/C15H19F3N2/c16-15(17,18)12-9-19-6-7-20(10-12)14-8-13(14)11-4-2-1-3-5-11/h1-5,12-14,19H,6-10H2. The van der Waals surface area contributed by atoms with Gasteiger partial charge in [0, 0.05) is 38.1 Å². The predicted molar refractivity (Wildman–Crippen MR) is 71.6 cm³/mol. The van der Waals surface area contributed by atoms with Gasteiger partial charge in [-0.05, 0) is 12.0 Å². The van der Waals surface area contributed by atoms with Crippen molar-refractivity contribution in [3.8, 4) is 0 Å². The molecule has 2 aliphatic rings. The molecule has 20 heavy (non-hydrogen) atoms. The van der Waals surface area contributed by atoms with Crippen molar-refractivity contribution in [3.05, 3.63) is 35.9 Å². The number of halogens is 3. The Kier molecular flexibility index (Phi) is 3.73. The molecule has 1 N–H and O–H groups in total. The highest BCUT2D eigenvalue weighted by molar-refractivity contribution is 5.27. The molecule has 1 aromatic carbocycles. The van der Waals surface area contributed by atoms with Gasteiger partial charge in [0.2, 0.25) is 0 Å². The van der Waals surface area contributed by atoms with E-state index in [1.165, 1.54) is 5.56 Å². The molecule has 0 aromatic heterocycles. The SMILES string of the molecule is FC(F)(F)C1CNCCN(C2CC2c2ccccc2)C1. The molecule has 5 heteroatoms. The number of nitrogens with zero attached hydrogens (tertiary/aromatic N) is 1. The molecule has 2 fully saturated rings. The van der Waals surface area contributed by atoms with Gasteiger partial charge in [0.15, 0.2) is 0 Å². The number of nitrogens with one attached hydrogen (secondary N) is 1. The van der Waals surface area contributed by atoms with Gasteiger partial charge < -0.3 is 5.32 Å². The van der Waals surface area contributed by atoms with E-state index in [4.69, 9.17) is 0 Å². The van der Waals surface area contributed by atoms with Crippen LogP contribution in [-0.4, -0.2) is 43.3 Å². The van der Waals surface area contributed by atoms with E-state index < -0.39 is 12.1 Å². The Morgan fingerprint density at radius 2 is 1.90 bits per heavy atom. The first kappa shape index (κ1) is 13.9. The minimum atomic E-state index is -4.10. The second kappa shape index (κ2) is 5.37. The molecule has 1 aromatic rings. The van der Waals surface area contributed by atoms with Crippen LogP contribution in [0.3, 0.4) is 0 Å². The summed E-state index contributed by atoms with van der Waals surface area (Å²) in [6.45, 7) is 1.53. The molecule has 1 heterocycles. The average Bonchev–Trinajstić information content (AvgIpc) is 3.22. The fraction of sp³-hybridized carbons (Fsp3) is 0.600. The van der Waals surface area contributed by atoms with Crippen molar-refractivity contribution >= 4 is 0 Å². The Labute approximate surface area is 117 Å². The predicted octanol–water partition coefficient (Wildman–Crippen LogP) is 2.63. The number of alkyl halides is 3. The fourth-order valence-corrected chi connectivity index (χ4v) is 3.10. The Morgan fingerprint density at radius 3 is 2.60 bits per heavy atom. The lowest BCUT2D eigenvalue weighted by Gasteiger charge is -2.25. The zero-order chi connectivity index (χ0) is 14.2. The van der Waals surface area contributed by atoms with Crippen LogP contribution in [0.15, 0.2) is 30.3 Å². The van der Waals surface area contributed by atoms with E-state index in [0.29, 0.717) is 19.0 Å². The monoisotopic (exact) mass is 284 g/mol. The van der Waals surface area contributed by atoms with Crippen LogP contribution < -0.4 is 5.32 Å². The summed E-state index contributed by atoms with van der Waals surface area (Å²) >= 11 is 0. The summed E-state index contributed by atoms with van der Waals surface area (Å²) in [5.74, 6) is -0.842. The summed E-state index contributed by atoms with van der Waals surface area (Å²) < 4.78 is 38.8. The summed E-state index contributed by atoms with van der Waals surface area (Å²) in [7, 11) is 0. The molecule has 2 nitrogen and oxygen atoms in total. The van der Waals surface area contributed by atoms with Gasteiger partial charge in [-0.3, -0.25) is 4.90 Å². The van der Waals surface area contributed by atoms with Gasteiger partial charge in [-0.2, -0.15) is 13.2 Å². The Bertz CT molecular complexity index is 446. The molecule has 1 aliphatic carbocycles. The average molecular weight is 284 g/mol. The van der Waals surface area contributed by atoms with Crippen molar-refractivity contribution in [3.63, 3.8) is 0 Å². The molecule has 3 unspecified atom stereocenters. The summed E-state index contributed by atoms with van der Waals surface area (Å²) in [6, 6.07) is 10.4. The maximum absolute atomic E-state index is 12.9. The topological polar surface area (TPSA) is 15.3 Å². The van der Waals surface area contributed by atoms with Crippen LogP contribution in [0.25, 0.3) is 0 Å². The van der Waals surface area contributed by atoms with E-state index in [0.717, 1.165) is 6.42 Å². The van der Waals surface area contributed by atoms with Gasteiger partial charge in [-0.1, -0.05) is 30.3 Å². The molecule has 110 valence electrons. The Hall–Kier alpha value is -1.07. The highest BCUT2D eigenvalue weighted by Gasteiger charge is 2.47.